The molecule has 0 radical (unpaired) electrons. The van der Waals surface area contributed by atoms with Gasteiger partial charge in [-0.25, -0.2) is 4.79 Å². The third-order valence-corrected chi connectivity index (χ3v) is 1.40. The van der Waals surface area contributed by atoms with Crippen molar-refractivity contribution in [1.29, 1.82) is 0 Å². The highest BCUT2D eigenvalue weighted by Gasteiger charge is 1.90. The van der Waals surface area contributed by atoms with Crippen LogP contribution < -0.4 is 0 Å². The van der Waals surface area contributed by atoms with Crippen LogP contribution in [0.3, 0.4) is 0 Å². The van der Waals surface area contributed by atoms with Gasteiger partial charge in [-0.3, -0.25) is 0 Å². The summed E-state index contributed by atoms with van der Waals surface area (Å²) in [4.78, 5) is 10.1. The highest BCUT2D eigenvalue weighted by atomic mass is 16.5. The van der Waals surface area contributed by atoms with Crippen molar-refractivity contribution >= 4 is 5.97 Å². The Bertz CT molecular complexity index is 128. The average molecular weight is 188 g/mol. The Morgan fingerprint density at radius 2 is 1.92 bits per heavy atom. The molecule has 0 aliphatic carbocycles. The summed E-state index contributed by atoms with van der Waals surface area (Å²) < 4.78 is 4.43. The third kappa shape index (κ3) is 14.1. The highest BCUT2D eigenvalue weighted by Crippen LogP contribution is 1.91. The van der Waals surface area contributed by atoms with Gasteiger partial charge in [0.05, 0.1) is 12.7 Å². The summed E-state index contributed by atoms with van der Waals surface area (Å²) in [7, 11) is 0. The molecule has 0 saturated carbocycles. The molecule has 0 heterocycles. The van der Waals surface area contributed by atoms with E-state index in [0.29, 0.717) is 6.61 Å². The molecule has 0 bridgehead atoms. The second-order valence-corrected chi connectivity index (χ2v) is 2.43. The van der Waals surface area contributed by atoms with Crippen LogP contribution in [0.15, 0.2) is 12.7 Å². The first-order valence-corrected chi connectivity index (χ1v) is 4.59. The maximum atomic E-state index is 10.1. The third-order valence-electron chi connectivity index (χ3n) is 1.40. The maximum Gasteiger partial charge on any atom is 0.330 e. The van der Waals surface area contributed by atoms with Gasteiger partial charge < -0.3 is 9.84 Å². The summed E-state index contributed by atoms with van der Waals surface area (Å²) in [6, 6.07) is 0. The quantitative estimate of drug-likeness (QED) is 0.541. The summed E-state index contributed by atoms with van der Waals surface area (Å²) in [5.74, 6) is -0.359. The van der Waals surface area contributed by atoms with E-state index in [2.05, 4.69) is 11.3 Å². The van der Waals surface area contributed by atoms with E-state index in [1.807, 2.05) is 13.8 Å². The number of esters is 1. The van der Waals surface area contributed by atoms with Gasteiger partial charge >= 0.3 is 5.97 Å². The number of hydrogen-bond donors (Lipinski definition) is 1. The topological polar surface area (TPSA) is 46.5 Å². The van der Waals surface area contributed by atoms with E-state index in [1.165, 1.54) is 0 Å². The largest absolute Gasteiger partial charge is 0.463 e. The number of carbonyl (C=O) groups is 1. The van der Waals surface area contributed by atoms with Gasteiger partial charge in [-0.15, -0.1) is 0 Å². The monoisotopic (exact) mass is 188 g/mol. The van der Waals surface area contributed by atoms with Crippen LogP contribution in [0.4, 0.5) is 0 Å². The molecule has 13 heavy (non-hydrogen) atoms. The molecule has 0 saturated heterocycles. The first kappa shape index (κ1) is 14.7. The molecule has 0 aromatic carbocycles. The van der Waals surface area contributed by atoms with Gasteiger partial charge in [0.15, 0.2) is 0 Å². The average Bonchev–Trinajstić information content (AvgIpc) is 2.18. The minimum absolute atomic E-state index is 0.0648. The predicted octanol–water partition coefficient (Wildman–Crippen LogP) is 1.90. The lowest BCUT2D eigenvalue weighted by Crippen LogP contribution is -1.99. The zero-order valence-corrected chi connectivity index (χ0v) is 8.75. The van der Waals surface area contributed by atoms with Crippen molar-refractivity contribution in [3.8, 4) is 0 Å². The van der Waals surface area contributed by atoms with Crippen molar-refractivity contribution in [2.45, 2.75) is 39.7 Å². The summed E-state index contributed by atoms with van der Waals surface area (Å²) in [5.41, 5.74) is 0. The normalized spacial score (nSPS) is 8.69. The molecule has 78 valence electrons. The zero-order chi connectivity index (χ0) is 10.7. The molecule has 3 nitrogen and oxygen atoms in total. The number of aliphatic hydroxyl groups excluding tert-OH is 1. The van der Waals surface area contributed by atoms with Gasteiger partial charge in [-0.1, -0.05) is 20.4 Å². The molecule has 0 aromatic heterocycles. The van der Waals surface area contributed by atoms with Crippen LogP contribution in [0, 0.1) is 0 Å². The molecule has 0 aromatic rings. The van der Waals surface area contributed by atoms with Crippen LogP contribution in [0.2, 0.25) is 0 Å². The van der Waals surface area contributed by atoms with Gasteiger partial charge in [0.25, 0.3) is 0 Å². The molecular weight excluding hydrogens is 168 g/mol. The Morgan fingerprint density at radius 1 is 1.46 bits per heavy atom. The summed E-state index contributed by atoms with van der Waals surface area (Å²) in [6.07, 6.45) is 2.85. The molecule has 0 aliphatic heterocycles. The summed E-state index contributed by atoms with van der Waals surface area (Å²) >= 11 is 0. The molecule has 0 atom stereocenters. The summed E-state index contributed by atoms with van der Waals surface area (Å²) in [5, 5.41) is 8.67. The van der Waals surface area contributed by atoms with Gasteiger partial charge in [-0.05, 0) is 19.8 Å². The minimum Gasteiger partial charge on any atom is -0.463 e. The first-order valence-electron chi connectivity index (χ1n) is 4.59. The zero-order valence-electron chi connectivity index (χ0n) is 8.75. The molecule has 0 aliphatic rings. The highest BCUT2D eigenvalue weighted by molar-refractivity contribution is 5.81. The van der Waals surface area contributed by atoms with Crippen LogP contribution in [0.1, 0.15) is 33.6 Å². The van der Waals surface area contributed by atoms with E-state index in [4.69, 9.17) is 5.11 Å². The van der Waals surface area contributed by atoms with Crippen molar-refractivity contribution in [3.63, 3.8) is 0 Å². The van der Waals surface area contributed by atoms with Crippen molar-refractivity contribution in [2.24, 2.45) is 0 Å². The SMILES string of the molecule is C=CC(=O)OCC.CCC(O)CC. The Balaban J connectivity index is 0. The number of aliphatic hydroxyl groups is 1. The Labute approximate surface area is 80.4 Å². The fourth-order valence-corrected chi connectivity index (χ4v) is 0.490. The van der Waals surface area contributed by atoms with Gasteiger partial charge in [-0.2, -0.15) is 0 Å². The molecular formula is C10H20O3. The molecule has 0 amide bonds. The van der Waals surface area contributed by atoms with Crippen LogP contribution in [-0.4, -0.2) is 23.8 Å². The molecule has 0 spiro atoms. The standard InChI is InChI=1S/C5H8O2.C5H12O/c1-3-5(6)7-4-2;1-3-5(6)4-2/h3H,1,4H2,2H3;5-6H,3-4H2,1-2H3. The van der Waals surface area contributed by atoms with Crippen LogP contribution in [0.5, 0.6) is 0 Å². The molecule has 3 heteroatoms. The van der Waals surface area contributed by atoms with Crippen LogP contribution >= 0.6 is 0 Å². The van der Waals surface area contributed by atoms with E-state index in [-0.39, 0.29) is 12.1 Å². The lowest BCUT2D eigenvalue weighted by molar-refractivity contribution is -0.137. The fourth-order valence-electron chi connectivity index (χ4n) is 0.490. The fraction of sp³-hybridized carbons (Fsp3) is 0.700. The second-order valence-electron chi connectivity index (χ2n) is 2.43. The van der Waals surface area contributed by atoms with E-state index >= 15 is 0 Å². The molecule has 0 unspecified atom stereocenters. The maximum absolute atomic E-state index is 10.1. The van der Waals surface area contributed by atoms with E-state index < -0.39 is 0 Å². The Hall–Kier alpha value is -0.830. The minimum atomic E-state index is -0.359. The van der Waals surface area contributed by atoms with E-state index in [0.717, 1.165) is 18.9 Å². The van der Waals surface area contributed by atoms with Crippen molar-refractivity contribution in [1.82, 2.24) is 0 Å². The summed E-state index contributed by atoms with van der Waals surface area (Å²) in [6.45, 7) is 9.34. The Kier molecular flexibility index (Phi) is 12.6. The number of carbonyl (C=O) groups excluding carboxylic acids is 1. The number of ether oxygens (including phenoxy) is 1. The van der Waals surface area contributed by atoms with Crippen molar-refractivity contribution in [2.75, 3.05) is 6.61 Å². The van der Waals surface area contributed by atoms with E-state index in [1.54, 1.807) is 6.92 Å². The lowest BCUT2D eigenvalue weighted by Gasteiger charge is -1.98. The predicted molar refractivity (Wildman–Crippen MR) is 53.4 cm³/mol. The van der Waals surface area contributed by atoms with Crippen LogP contribution in [0.25, 0.3) is 0 Å². The Morgan fingerprint density at radius 3 is 2.00 bits per heavy atom. The lowest BCUT2D eigenvalue weighted by atomic mass is 10.2. The van der Waals surface area contributed by atoms with Crippen LogP contribution in [-0.2, 0) is 9.53 Å². The van der Waals surface area contributed by atoms with Crippen molar-refractivity contribution in [3.05, 3.63) is 12.7 Å². The molecule has 0 fully saturated rings. The number of rotatable bonds is 4. The van der Waals surface area contributed by atoms with Gasteiger partial charge in [0.1, 0.15) is 0 Å². The first-order chi connectivity index (χ1) is 6.12. The van der Waals surface area contributed by atoms with Gasteiger partial charge in [0, 0.05) is 6.08 Å². The number of hydrogen-bond acceptors (Lipinski definition) is 3. The van der Waals surface area contributed by atoms with Crippen molar-refractivity contribution < 1.29 is 14.6 Å². The molecule has 1 N–H and O–H groups in total. The molecule has 0 rings (SSSR count). The van der Waals surface area contributed by atoms with Gasteiger partial charge in [0.2, 0.25) is 0 Å². The second kappa shape index (κ2) is 11.2. The van der Waals surface area contributed by atoms with E-state index in [9.17, 15) is 4.79 Å². The smallest absolute Gasteiger partial charge is 0.330 e.